The standard InChI is InChI=1S/C11H18O3S/c1-13-10-5-3-4-9(6-7-10)8-14-11(12)15-2/h6,10H,3-5,7-8H2,1-2H3. The lowest BCUT2D eigenvalue weighted by Crippen LogP contribution is -2.07. The van der Waals surface area contributed by atoms with Crippen LogP contribution in [0, 0.1) is 0 Å². The van der Waals surface area contributed by atoms with Gasteiger partial charge in [0.1, 0.15) is 6.61 Å². The van der Waals surface area contributed by atoms with Gasteiger partial charge in [-0.1, -0.05) is 6.08 Å². The van der Waals surface area contributed by atoms with E-state index in [1.807, 2.05) is 0 Å². The van der Waals surface area contributed by atoms with Gasteiger partial charge in [-0.3, -0.25) is 0 Å². The highest BCUT2D eigenvalue weighted by Gasteiger charge is 2.12. The third-order valence-electron chi connectivity index (χ3n) is 2.57. The van der Waals surface area contributed by atoms with Crippen LogP contribution in [0.15, 0.2) is 11.6 Å². The second-order valence-electron chi connectivity index (χ2n) is 3.59. The van der Waals surface area contributed by atoms with Crippen LogP contribution >= 0.6 is 11.8 Å². The number of methoxy groups -OCH3 is 1. The highest BCUT2D eigenvalue weighted by molar-refractivity contribution is 8.12. The van der Waals surface area contributed by atoms with Gasteiger partial charge in [0.15, 0.2) is 0 Å². The maximum atomic E-state index is 10.9. The Hall–Kier alpha value is -0.480. The molecule has 0 aromatic rings. The molecule has 4 heteroatoms. The van der Waals surface area contributed by atoms with E-state index in [4.69, 9.17) is 9.47 Å². The summed E-state index contributed by atoms with van der Waals surface area (Å²) in [6.45, 7) is 0.441. The lowest BCUT2D eigenvalue weighted by Gasteiger charge is -2.09. The lowest BCUT2D eigenvalue weighted by molar-refractivity contribution is 0.0978. The van der Waals surface area contributed by atoms with Gasteiger partial charge in [-0.15, -0.1) is 0 Å². The largest absolute Gasteiger partial charge is 0.453 e. The quantitative estimate of drug-likeness (QED) is 0.551. The van der Waals surface area contributed by atoms with Crippen LogP contribution in [0.4, 0.5) is 4.79 Å². The average molecular weight is 230 g/mol. The molecule has 3 nitrogen and oxygen atoms in total. The second-order valence-corrected chi connectivity index (χ2v) is 4.33. The second kappa shape index (κ2) is 6.90. The van der Waals surface area contributed by atoms with Crippen molar-refractivity contribution in [3.8, 4) is 0 Å². The molecule has 0 spiro atoms. The monoisotopic (exact) mass is 230 g/mol. The molecule has 1 aliphatic carbocycles. The summed E-state index contributed by atoms with van der Waals surface area (Å²) in [5, 5.41) is -0.205. The average Bonchev–Trinajstić information content (AvgIpc) is 2.50. The number of ether oxygens (including phenoxy) is 2. The first-order chi connectivity index (χ1) is 7.26. The molecule has 0 N–H and O–H groups in total. The van der Waals surface area contributed by atoms with E-state index in [1.54, 1.807) is 13.4 Å². The van der Waals surface area contributed by atoms with Crippen molar-refractivity contribution >= 4 is 17.1 Å². The zero-order valence-electron chi connectivity index (χ0n) is 9.32. The maximum absolute atomic E-state index is 10.9. The molecule has 1 rings (SSSR count). The first-order valence-corrected chi connectivity index (χ1v) is 6.40. The molecule has 0 aliphatic heterocycles. The third-order valence-corrected chi connectivity index (χ3v) is 3.02. The van der Waals surface area contributed by atoms with Crippen molar-refractivity contribution in [3.05, 3.63) is 11.6 Å². The Labute approximate surface area is 95.2 Å². The fraction of sp³-hybridized carbons (Fsp3) is 0.727. The number of hydrogen-bond acceptors (Lipinski definition) is 4. The Morgan fingerprint density at radius 3 is 3.13 bits per heavy atom. The SMILES string of the molecule is COC1CC=C(COC(=O)SC)CCC1. The van der Waals surface area contributed by atoms with Crippen molar-refractivity contribution in [1.82, 2.24) is 0 Å². The van der Waals surface area contributed by atoms with E-state index in [-0.39, 0.29) is 5.30 Å². The van der Waals surface area contributed by atoms with Crippen LogP contribution in [0.5, 0.6) is 0 Å². The molecule has 1 atom stereocenters. The van der Waals surface area contributed by atoms with Crippen LogP contribution < -0.4 is 0 Å². The van der Waals surface area contributed by atoms with E-state index in [2.05, 4.69) is 6.08 Å². The molecule has 15 heavy (non-hydrogen) atoms. The molecule has 0 saturated carbocycles. The summed E-state index contributed by atoms with van der Waals surface area (Å²) in [4.78, 5) is 10.9. The van der Waals surface area contributed by atoms with E-state index in [0.717, 1.165) is 37.4 Å². The highest BCUT2D eigenvalue weighted by Crippen LogP contribution is 2.20. The minimum atomic E-state index is -0.205. The molecule has 0 aromatic heterocycles. The summed E-state index contributed by atoms with van der Waals surface area (Å²) in [5.74, 6) is 0. The normalized spacial score (nSPS) is 21.7. The minimum Gasteiger partial charge on any atom is -0.453 e. The van der Waals surface area contributed by atoms with Gasteiger partial charge in [0.25, 0.3) is 0 Å². The zero-order chi connectivity index (χ0) is 11.1. The van der Waals surface area contributed by atoms with Crippen LogP contribution in [0.25, 0.3) is 0 Å². The zero-order valence-corrected chi connectivity index (χ0v) is 10.1. The van der Waals surface area contributed by atoms with Gasteiger partial charge in [0, 0.05) is 7.11 Å². The summed E-state index contributed by atoms with van der Waals surface area (Å²) in [5.41, 5.74) is 1.22. The van der Waals surface area contributed by atoms with Crippen molar-refractivity contribution in [2.45, 2.75) is 31.8 Å². The number of carbonyl (C=O) groups excluding carboxylic acids is 1. The molecule has 0 heterocycles. The van der Waals surface area contributed by atoms with E-state index >= 15 is 0 Å². The van der Waals surface area contributed by atoms with Crippen molar-refractivity contribution in [1.29, 1.82) is 0 Å². The fourth-order valence-electron chi connectivity index (χ4n) is 1.63. The smallest absolute Gasteiger partial charge is 0.367 e. The highest BCUT2D eigenvalue weighted by atomic mass is 32.2. The van der Waals surface area contributed by atoms with Crippen molar-refractivity contribution in [2.24, 2.45) is 0 Å². The maximum Gasteiger partial charge on any atom is 0.367 e. The predicted octanol–water partition coefficient (Wildman–Crippen LogP) is 3.00. The van der Waals surface area contributed by atoms with Crippen LogP contribution in [0.1, 0.15) is 25.7 Å². The predicted molar refractivity (Wildman–Crippen MR) is 62.2 cm³/mol. The van der Waals surface area contributed by atoms with Crippen molar-refractivity contribution in [2.75, 3.05) is 20.0 Å². The van der Waals surface area contributed by atoms with Gasteiger partial charge in [-0.2, -0.15) is 0 Å². The van der Waals surface area contributed by atoms with Gasteiger partial charge >= 0.3 is 5.30 Å². The van der Waals surface area contributed by atoms with Gasteiger partial charge in [-0.25, -0.2) is 4.79 Å². The number of carbonyl (C=O) groups is 1. The lowest BCUT2D eigenvalue weighted by atomic mass is 10.1. The van der Waals surface area contributed by atoms with Crippen LogP contribution in [-0.4, -0.2) is 31.4 Å². The van der Waals surface area contributed by atoms with Crippen LogP contribution in [-0.2, 0) is 9.47 Å². The molecule has 0 fully saturated rings. The van der Waals surface area contributed by atoms with Crippen LogP contribution in [0.3, 0.4) is 0 Å². The number of rotatable bonds is 3. The van der Waals surface area contributed by atoms with Gasteiger partial charge in [0.2, 0.25) is 0 Å². The summed E-state index contributed by atoms with van der Waals surface area (Å²) in [7, 11) is 1.75. The Balaban J connectivity index is 2.34. The molecule has 0 saturated heterocycles. The van der Waals surface area contributed by atoms with Crippen molar-refractivity contribution < 1.29 is 14.3 Å². The molecule has 0 aromatic carbocycles. The summed E-state index contributed by atoms with van der Waals surface area (Å²) in [6.07, 6.45) is 8.36. The molecule has 0 amide bonds. The summed E-state index contributed by atoms with van der Waals surface area (Å²) in [6, 6.07) is 0. The van der Waals surface area contributed by atoms with Gasteiger partial charge in [0.05, 0.1) is 6.10 Å². The molecule has 1 unspecified atom stereocenters. The minimum absolute atomic E-state index is 0.205. The Morgan fingerprint density at radius 1 is 1.67 bits per heavy atom. The fourth-order valence-corrected chi connectivity index (χ4v) is 1.81. The van der Waals surface area contributed by atoms with Gasteiger partial charge < -0.3 is 9.47 Å². The first kappa shape index (κ1) is 12.6. The van der Waals surface area contributed by atoms with Crippen LogP contribution in [0.2, 0.25) is 0 Å². The molecule has 86 valence electrons. The molecule has 0 radical (unpaired) electrons. The summed E-state index contributed by atoms with van der Waals surface area (Å²) < 4.78 is 10.4. The summed E-state index contributed by atoms with van der Waals surface area (Å²) >= 11 is 1.11. The number of hydrogen-bond donors (Lipinski definition) is 0. The Bertz CT molecular complexity index is 238. The Kier molecular flexibility index (Phi) is 5.79. The van der Waals surface area contributed by atoms with E-state index < -0.39 is 0 Å². The van der Waals surface area contributed by atoms with E-state index in [1.165, 1.54) is 5.57 Å². The topological polar surface area (TPSA) is 35.5 Å². The molecule has 1 aliphatic rings. The third kappa shape index (κ3) is 4.71. The van der Waals surface area contributed by atoms with E-state index in [0.29, 0.717) is 12.7 Å². The molecular weight excluding hydrogens is 212 g/mol. The molecule has 0 bridgehead atoms. The number of thioether (sulfide) groups is 1. The van der Waals surface area contributed by atoms with Crippen molar-refractivity contribution in [3.63, 3.8) is 0 Å². The molecular formula is C11H18O3S. The van der Waals surface area contributed by atoms with Gasteiger partial charge in [-0.05, 0) is 49.3 Å². The first-order valence-electron chi connectivity index (χ1n) is 5.17. The van der Waals surface area contributed by atoms with E-state index in [9.17, 15) is 4.79 Å². The Morgan fingerprint density at radius 2 is 2.47 bits per heavy atom.